The Morgan fingerprint density at radius 2 is 2.12 bits per heavy atom. The van der Waals surface area contributed by atoms with Crippen LogP contribution in [0.1, 0.15) is 31.5 Å². The molecule has 0 aliphatic heterocycles. The molecule has 0 saturated carbocycles. The van der Waals surface area contributed by atoms with Crippen molar-refractivity contribution in [3.05, 3.63) is 23.5 Å². The van der Waals surface area contributed by atoms with Crippen LogP contribution in [-0.4, -0.2) is 18.6 Å². The second-order valence-corrected chi connectivity index (χ2v) is 4.76. The van der Waals surface area contributed by atoms with Gasteiger partial charge in [-0.15, -0.1) is 0 Å². The van der Waals surface area contributed by atoms with Crippen molar-refractivity contribution >= 4 is 5.69 Å². The van der Waals surface area contributed by atoms with Crippen LogP contribution in [0.2, 0.25) is 0 Å². The van der Waals surface area contributed by atoms with E-state index in [1.54, 1.807) is 0 Å². The number of hydrogen-bond donors (Lipinski definition) is 1. The second-order valence-electron chi connectivity index (χ2n) is 4.76. The van der Waals surface area contributed by atoms with E-state index in [0.717, 1.165) is 23.7 Å². The molecule has 16 heavy (non-hydrogen) atoms. The van der Waals surface area contributed by atoms with Crippen molar-refractivity contribution in [3.8, 4) is 0 Å². The maximum absolute atomic E-state index is 5.73. The van der Waals surface area contributed by atoms with Crippen LogP contribution < -0.4 is 10.6 Å². The third-order valence-corrected chi connectivity index (χ3v) is 2.77. The molecule has 0 aliphatic rings. The molecule has 0 aliphatic carbocycles. The molecule has 1 aromatic rings. The Kier molecular flexibility index (Phi) is 4.74. The van der Waals surface area contributed by atoms with Gasteiger partial charge in [0.25, 0.3) is 0 Å². The van der Waals surface area contributed by atoms with Crippen molar-refractivity contribution in [2.45, 2.75) is 33.7 Å². The average molecular weight is 221 g/mol. The molecule has 0 saturated heterocycles. The molecule has 1 aromatic heterocycles. The Morgan fingerprint density at radius 1 is 1.44 bits per heavy atom. The van der Waals surface area contributed by atoms with E-state index in [1.165, 1.54) is 12.1 Å². The summed E-state index contributed by atoms with van der Waals surface area (Å²) in [6.45, 7) is 8.12. The number of aromatic nitrogens is 1. The summed E-state index contributed by atoms with van der Waals surface area (Å²) in [5.74, 6) is 0.728. The van der Waals surface area contributed by atoms with Gasteiger partial charge in [0, 0.05) is 43.3 Å². The zero-order valence-electron chi connectivity index (χ0n) is 10.8. The molecule has 90 valence electrons. The van der Waals surface area contributed by atoms with Crippen LogP contribution in [0.3, 0.4) is 0 Å². The third-order valence-electron chi connectivity index (χ3n) is 2.77. The highest BCUT2D eigenvalue weighted by Gasteiger charge is 2.08. The molecule has 3 heteroatoms. The predicted molar refractivity (Wildman–Crippen MR) is 69.6 cm³/mol. The van der Waals surface area contributed by atoms with Crippen molar-refractivity contribution in [1.29, 1.82) is 0 Å². The summed E-state index contributed by atoms with van der Waals surface area (Å²) < 4.78 is 0. The summed E-state index contributed by atoms with van der Waals surface area (Å²) in [7, 11) is 2.12. The van der Waals surface area contributed by atoms with Gasteiger partial charge in [0.05, 0.1) is 0 Å². The molecule has 0 fully saturated rings. The number of rotatable bonds is 5. The fraction of sp³-hybridized carbons (Fsp3) is 0.615. The lowest BCUT2D eigenvalue weighted by Crippen LogP contribution is -2.22. The number of nitrogens with two attached hydrogens (primary N) is 1. The van der Waals surface area contributed by atoms with Crippen molar-refractivity contribution in [2.24, 2.45) is 11.7 Å². The Balaban J connectivity index is 2.80. The van der Waals surface area contributed by atoms with Gasteiger partial charge in [-0.2, -0.15) is 0 Å². The first-order chi connectivity index (χ1) is 7.54. The highest BCUT2D eigenvalue weighted by Crippen LogP contribution is 2.20. The number of anilines is 1. The smallest absolute Gasteiger partial charge is 0.0442 e. The first-order valence-electron chi connectivity index (χ1n) is 5.91. The van der Waals surface area contributed by atoms with Crippen LogP contribution in [0.4, 0.5) is 5.69 Å². The van der Waals surface area contributed by atoms with Gasteiger partial charge in [-0.05, 0) is 25.3 Å². The fourth-order valence-corrected chi connectivity index (χ4v) is 1.66. The molecule has 3 nitrogen and oxygen atoms in total. The summed E-state index contributed by atoms with van der Waals surface area (Å²) in [5, 5.41) is 0. The topological polar surface area (TPSA) is 42.1 Å². The average Bonchev–Trinajstić information content (AvgIpc) is 2.25. The Morgan fingerprint density at radius 3 is 2.69 bits per heavy atom. The van der Waals surface area contributed by atoms with Crippen LogP contribution in [0.25, 0.3) is 0 Å². The minimum atomic E-state index is 0.550. The number of aryl methyl sites for hydroxylation is 1. The van der Waals surface area contributed by atoms with Gasteiger partial charge in [-0.1, -0.05) is 13.8 Å². The first-order valence-corrected chi connectivity index (χ1v) is 5.91. The van der Waals surface area contributed by atoms with E-state index in [1.807, 2.05) is 13.1 Å². The summed E-state index contributed by atoms with van der Waals surface area (Å²) >= 11 is 0. The lowest BCUT2D eigenvalue weighted by Gasteiger charge is -2.23. The SMILES string of the molecule is Cc1cc(N(C)CCC(C)C)c(CN)cn1. The van der Waals surface area contributed by atoms with E-state index < -0.39 is 0 Å². The fourth-order valence-electron chi connectivity index (χ4n) is 1.66. The van der Waals surface area contributed by atoms with E-state index in [0.29, 0.717) is 6.54 Å². The molecule has 0 bridgehead atoms. The van der Waals surface area contributed by atoms with Gasteiger partial charge in [-0.3, -0.25) is 4.98 Å². The standard InChI is InChI=1S/C13H23N3/c1-10(2)5-6-16(4)13-7-11(3)15-9-12(13)8-14/h7,9-10H,5-6,8,14H2,1-4H3. The van der Waals surface area contributed by atoms with E-state index in [9.17, 15) is 0 Å². The molecule has 1 rings (SSSR count). The van der Waals surface area contributed by atoms with Crippen molar-refractivity contribution in [1.82, 2.24) is 4.98 Å². The van der Waals surface area contributed by atoms with Crippen LogP contribution in [-0.2, 0) is 6.54 Å². The van der Waals surface area contributed by atoms with Crippen molar-refractivity contribution in [2.75, 3.05) is 18.5 Å². The molecule has 0 radical (unpaired) electrons. The van der Waals surface area contributed by atoms with Gasteiger partial charge in [0.2, 0.25) is 0 Å². The largest absolute Gasteiger partial charge is 0.374 e. The third kappa shape index (κ3) is 3.49. The van der Waals surface area contributed by atoms with E-state index in [4.69, 9.17) is 5.73 Å². The molecule has 0 atom stereocenters. The summed E-state index contributed by atoms with van der Waals surface area (Å²) in [5.41, 5.74) is 9.11. The highest BCUT2D eigenvalue weighted by molar-refractivity contribution is 5.52. The highest BCUT2D eigenvalue weighted by atomic mass is 15.1. The number of hydrogen-bond acceptors (Lipinski definition) is 3. The van der Waals surface area contributed by atoms with Crippen molar-refractivity contribution in [3.63, 3.8) is 0 Å². The van der Waals surface area contributed by atoms with Crippen molar-refractivity contribution < 1.29 is 0 Å². The maximum atomic E-state index is 5.73. The molecule has 0 aromatic carbocycles. The normalized spacial score (nSPS) is 10.9. The maximum Gasteiger partial charge on any atom is 0.0442 e. The number of nitrogens with zero attached hydrogens (tertiary/aromatic N) is 2. The molecule has 0 unspecified atom stereocenters. The van der Waals surface area contributed by atoms with Crippen LogP contribution in [0.15, 0.2) is 12.3 Å². The van der Waals surface area contributed by atoms with E-state index in [-0.39, 0.29) is 0 Å². The Hall–Kier alpha value is -1.09. The molecular formula is C13H23N3. The lowest BCUT2D eigenvalue weighted by molar-refractivity contribution is 0.584. The lowest BCUT2D eigenvalue weighted by atomic mass is 10.1. The van der Waals surface area contributed by atoms with Gasteiger partial charge >= 0.3 is 0 Å². The summed E-state index contributed by atoms with van der Waals surface area (Å²) in [6.07, 6.45) is 3.08. The van der Waals surface area contributed by atoms with Gasteiger partial charge < -0.3 is 10.6 Å². The molecular weight excluding hydrogens is 198 g/mol. The first kappa shape index (κ1) is 13.0. The summed E-state index contributed by atoms with van der Waals surface area (Å²) in [4.78, 5) is 6.56. The second kappa shape index (κ2) is 5.85. The van der Waals surface area contributed by atoms with Gasteiger partial charge in [-0.25, -0.2) is 0 Å². The quantitative estimate of drug-likeness (QED) is 0.829. The van der Waals surface area contributed by atoms with Crippen LogP contribution in [0.5, 0.6) is 0 Å². The van der Waals surface area contributed by atoms with Crippen LogP contribution >= 0.6 is 0 Å². The molecule has 0 amide bonds. The van der Waals surface area contributed by atoms with E-state index in [2.05, 4.69) is 36.8 Å². The minimum absolute atomic E-state index is 0.550. The Bertz CT molecular complexity index is 334. The zero-order chi connectivity index (χ0) is 12.1. The molecule has 1 heterocycles. The van der Waals surface area contributed by atoms with Crippen LogP contribution in [0, 0.1) is 12.8 Å². The zero-order valence-corrected chi connectivity index (χ0v) is 10.8. The van der Waals surface area contributed by atoms with Gasteiger partial charge in [0.1, 0.15) is 0 Å². The number of pyridine rings is 1. The van der Waals surface area contributed by atoms with E-state index >= 15 is 0 Å². The molecule has 2 N–H and O–H groups in total. The monoisotopic (exact) mass is 221 g/mol. The minimum Gasteiger partial charge on any atom is -0.374 e. The van der Waals surface area contributed by atoms with Gasteiger partial charge in [0.15, 0.2) is 0 Å². The Labute approximate surface area is 98.7 Å². The summed E-state index contributed by atoms with van der Waals surface area (Å²) in [6, 6.07) is 2.11. The predicted octanol–water partition coefficient (Wildman–Crippen LogP) is 2.33. The molecule has 0 spiro atoms.